The van der Waals surface area contributed by atoms with Crippen molar-refractivity contribution in [2.75, 3.05) is 0 Å². The van der Waals surface area contributed by atoms with Crippen molar-refractivity contribution in [1.29, 1.82) is 0 Å². The Labute approximate surface area is 116 Å². The monoisotopic (exact) mass is 278 g/mol. The van der Waals surface area contributed by atoms with Crippen LogP contribution >= 0.6 is 23.5 Å². The summed E-state index contributed by atoms with van der Waals surface area (Å²) in [6.07, 6.45) is 0. The summed E-state index contributed by atoms with van der Waals surface area (Å²) in [6, 6.07) is 7.31. The molecule has 0 N–H and O–H groups in total. The van der Waals surface area contributed by atoms with E-state index in [1.165, 1.54) is 0 Å². The molecule has 0 radical (unpaired) electrons. The van der Waals surface area contributed by atoms with Crippen molar-refractivity contribution in [3.05, 3.63) is 48.6 Å². The van der Waals surface area contributed by atoms with Crippen LogP contribution in [0.1, 0.15) is 13.8 Å². The van der Waals surface area contributed by atoms with Crippen molar-refractivity contribution in [2.24, 2.45) is 0 Å². The fraction of sp³-hybridized carbons (Fsp3) is 0.143. The minimum absolute atomic E-state index is 0.0918. The zero-order valence-corrected chi connectivity index (χ0v) is 12.0. The highest BCUT2D eigenvalue weighted by Crippen LogP contribution is 2.33. The van der Waals surface area contributed by atoms with Crippen LogP contribution in [0.5, 0.6) is 0 Å². The maximum absolute atomic E-state index is 11.6. The number of carbonyl (C=O) groups excluding carboxylic acids is 2. The second-order valence-corrected chi connectivity index (χ2v) is 5.82. The predicted molar refractivity (Wildman–Crippen MR) is 77.8 cm³/mol. The molecule has 0 aliphatic carbocycles. The Hall–Kier alpha value is -1.26. The van der Waals surface area contributed by atoms with Crippen molar-refractivity contribution in [3.8, 4) is 0 Å². The van der Waals surface area contributed by atoms with Crippen LogP contribution in [0, 0.1) is 0 Å². The Balaban J connectivity index is 2.93. The molecule has 94 valence electrons. The average Bonchev–Trinajstić information content (AvgIpc) is 2.31. The minimum atomic E-state index is -0.0918. The maximum Gasteiger partial charge on any atom is 0.219 e. The normalized spacial score (nSPS) is 9.89. The van der Waals surface area contributed by atoms with Crippen molar-refractivity contribution in [2.45, 2.75) is 23.6 Å². The highest BCUT2D eigenvalue weighted by Gasteiger charge is 2.13. The number of hydrogen-bond donors (Lipinski definition) is 0. The highest BCUT2D eigenvalue weighted by molar-refractivity contribution is 8.16. The SMILES string of the molecule is C=C(C)C(=O)Sc1ccccc1SC(=O)C(=C)C. The Morgan fingerprint density at radius 2 is 1.22 bits per heavy atom. The third kappa shape index (κ3) is 4.20. The maximum atomic E-state index is 11.6. The van der Waals surface area contributed by atoms with E-state index in [1.807, 2.05) is 24.3 Å². The smallest absolute Gasteiger partial charge is 0.219 e. The number of hydrogen-bond acceptors (Lipinski definition) is 4. The molecule has 1 aromatic carbocycles. The fourth-order valence-corrected chi connectivity index (χ4v) is 2.62. The van der Waals surface area contributed by atoms with Gasteiger partial charge in [0, 0.05) is 9.79 Å². The van der Waals surface area contributed by atoms with E-state index in [-0.39, 0.29) is 10.2 Å². The van der Waals surface area contributed by atoms with Crippen LogP contribution in [0.3, 0.4) is 0 Å². The van der Waals surface area contributed by atoms with E-state index in [0.29, 0.717) is 11.1 Å². The van der Waals surface area contributed by atoms with Crippen molar-refractivity contribution in [3.63, 3.8) is 0 Å². The first-order valence-electron chi connectivity index (χ1n) is 5.26. The summed E-state index contributed by atoms with van der Waals surface area (Å²) in [4.78, 5) is 24.8. The topological polar surface area (TPSA) is 34.1 Å². The van der Waals surface area contributed by atoms with Gasteiger partial charge in [0.15, 0.2) is 0 Å². The Morgan fingerprint density at radius 3 is 1.50 bits per heavy atom. The number of benzene rings is 1. The summed E-state index contributed by atoms with van der Waals surface area (Å²) in [5.74, 6) is 0. The van der Waals surface area contributed by atoms with E-state index in [9.17, 15) is 9.59 Å². The zero-order chi connectivity index (χ0) is 13.7. The molecule has 0 amide bonds. The van der Waals surface area contributed by atoms with Gasteiger partial charge in [-0.15, -0.1) is 0 Å². The summed E-state index contributed by atoms with van der Waals surface area (Å²) in [5.41, 5.74) is 0.983. The van der Waals surface area contributed by atoms with Gasteiger partial charge in [-0.05, 0) is 60.7 Å². The van der Waals surface area contributed by atoms with E-state index in [2.05, 4.69) is 13.2 Å². The van der Waals surface area contributed by atoms with Gasteiger partial charge in [-0.1, -0.05) is 25.3 Å². The van der Waals surface area contributed by atoms with Crippen LogP contribution in [-0.2, 0) is 9.59 Å². The van der Waals surface area contributed by atoms with E-state index in [0.717, 1.165) is 33.3 Å². The van der Waals surface area contributed by atoms with Crippen LogP contribution < -0.4 is 0 Å². The molecular formula is C14H14O2S2. The molecule has 0 atom stereocenters. The third-order valence-corrected chi connectivity index (χ3v) is 4.30. The standard InChI is InChI=1S/C14H14O2S2/c1-9(2)13(15)17-11-7-5-6-8-12(11)18-14(16)10(3)4/h5-8H,1,3H2,2,4H3. The minimum Gasteiger partial charge on any atom is -0.282 e. The second-order valence-electron chi connectivity index (χ2n) is 3.79. The lowest BCUT2D eigenvalue weighted by Crippen LogP contribution is -1.95. The third-order valence-electron chi connectivity index (χ3n) is 1.95. The molecule has 1 rings (SSSR count). The summed E-state index contributed by atoms with van der Waals surface area (Å²) in [5, 5.41) is -0.184. The van der Waals surface area contributed by atoms with Gasteiger partial charge in [-0.3, -0.25) is 9.59 Å². The van der Waals surface area contributed by atoms with Crippen LogP contribution in [-0.4, -0.2) is 10.2 Å². The van der Waals surface area contributed by atoms with Gasteiger partial charge in [0.2, 0.25) is 10.2 Å². The summed E-state index contributed by atoms with van der Waals surface area (Å²) in [7, 11) is 0. The van der Waals surface area contributed by atoms with E-state index in [1.54, 1.807) is 13.8 Å². The lowest BCUT2D eigenvalue weighted by molar-refractivity contribution is -0.108. The first-order chi connectivity index (χ1) is 8.41. The van der Waals surface area contributed by atoms with Gasteiger partial charge >= 0.3 is 0 Å². The molecule has 0 aliphatic rings. The molecular weight excluding hydrogens is 264 g/mol. The largest absolute Gasteiger partial charge is 0.282 e. The molecule has 0 heterocycles. The van der Waals surface area contributed by atoms with E-state index >= 15 is 0 Å². The van der Waals surface area contributed by atoms with Crippen molar-refractivity contribution < 1.29 is 9.59 Å². The van der Waals surface area contributed by atoms with Crippen molar-refractivity contribution in [1.82, 2.24) is 0 Å². The molecule has 0 saturated carbocycles. The first kappa shape index (κ1) is 14.8. The Bertz CT molecular complexity index is 471. The number of thioether (sulfide) groups is 2. The van der Waals surface area contributed by atoms with E-state index < -0.39 is 0 Å². The van der Waals surface area contributed by atoms with Gasteiger partial charge in [-0.2, -0.15) is 0 Å². The van der Waals surface area contributed by atoms with Crippen LogP contribution in [0.15, 0.2) is 58.4 Å². The molecule has 4 heteroatoms. The van der Waals surface area contributed by atoms with Crippen LogP contribution in [0.2, 0.25) is 0 Å². The second kappa shape index (κ2) is 6.61. The molecule has 2 nitrogen and oxygen atoms in total. The summed E-state index contributed by atoms with van der Waals surface area (Å²) in [6.45, 7) is 10.6. The Morgan fingerprint density at radius 1 is 0.889 bits per heavy atom. The lowest BCUT2D eigenvalue weighted by Gasteiger charge is -2.06. The molecule has 0 unspecified atom stereocenters. The van der Waals surface area contributed by atoms with E-state index in [4.69, 9.17) is 0 Å². The highest BCUT2D eigenvalue weighted by atomic mass is 32.2. The van der Waals surface area contributed by atoms with Gasteiger partial charge in [0.1, 0.15) is 0 Å². The van der Waals surface area contributed by atoms with Gasteiger partial charge < -0.3 is 0 Å². The van der Waals surface area contributed by atoms with Crippen molar-refractivity contribution >= 4 is 33.8 Å². The molecule has 0 fully saturated rings. The Kier molecular flexibility index (Phi) is 5.44. The molecule has 1 aromatic rings. The van der Waals surface area contributed by atoms with Gasteiger partial charge in [0.05, 0.1) is 0 Å². The fourth-order valence-electron chi connectivity index (χ4n) is 0.993. The average molecular weight is 278 g/mol. The lowest BCUT2D eigenvalue weighted by atomic mass is 10.4. The molecule has 0 aromatic heterocycles. The molecule has 0 spiro atoms. The summed E-state index contributed by atoms with van der Waals surface area (Å²) < 4.78 is 0. The summed E-state index contributed by atoms with van der Waals surface area (Å²) >= 11 is 2.18. The molecule has 18 heavy (non-hydrogen) atoms. The van der Waals surface area contributed by atoms with Gasteiger partial charge in [-0.25, -0.2) is 0 Å². The first-order valence-corrected chi connectivity index (χ1v) is 6.89. The quantitative estimate of drug-likeness (QED) is 0.614. The van der Waals surface area contributed by atoms with Crippen LogP contribution in [0.25, 0.3) is 0 Å². The number of rotatable bonds is 4. The predicted octanol–water partition coefficient (Wildman–Crippen LogP) is 4.08. The van der Waals surface area contributed by atoms with Gasteiger partial charge in [0.25, 0.3) is 0 Å². The zero-order valence-electron chi connectivity index (χ0n) is 10.4. The molecule has 0 saturated heterocycles. The number of carbonyl (C=O) groups is 2. The van der Waals surface area contributed by atoms with Crippen LogP contribution in [0.4, 0.5) is 0 Å². The molecule has 0 bridgehead atoms. The molecule has 0 aliphatic heterocycles.